The average molecular weight is 204 g/mol. The van der Waals surface area contributed by atoms with Crippen molar-refractivity contribution in [2.24, 2.45) is 5.73 Å². The summed E-state index contributed by atoms with van der Waals surface area (Å²) in [6, 6.07) is 10.2. The van der Waals surface area contributed by atoms with Gasteiger partial charge in [-0.15, -0.1) is 0 Å². The van der Waals surface area contributed by atoms with Gasteiger partial charge in [-0.2, -0.15) is 0 Å². The quantitative estimate of drug-likeness (QED) is 0.746. The molecule has 1 fully saturated rings. The lowest BCUT2D eigenvalue weighted by Crippen LogP contribution is -2.43. The van der Waals surface area contributed by atoms with Gasteiger partial charge >= 0.3 is 0 Å². The molecule has 1 aromatic carbocycles. The van der Waals surface area contributed by atoms with Crippen LogP contribution in [0.15, 0.2) is 30.3 Å². The molecule has 15 heavy (non-hydrogen) atoms. The zero-order valence-corrected chi connectivity index (χ0v) is 8.65. The Morgan fingerprint density at radius 2 is 2.07 bits per heavy atom. The Kier molecular flexibility index (Phi) is 3.02. The molecule has 0 radical (unpaired) electrons. The van der Waals surface area contributed by atoms with Gasteiger partial charge in [-0.3, -0.25) is 4.79 Å². The molecule has 1 aromatic rings. The summed E-state index contributed by atoms with van der Waals surface area (Å²) in [6.07, 6.45) is 3.02. The largest absolute Gasteiger partial charge is 0.368 e. The minimum Gasteiger partial charge on any atom is -0.368 e. The van der Waals surface area contributed by atoms with Crippen molar-refractivity contribution < 1.29 is 4.79 Å². The second kappa shape index (κ2) is 4.45. The van der Waals surface area contributed by atoms with E-state index in [1.54, 1.807) is 0 Å². The molecule has 2 rings (SSSR count). The minimum atomic E-state index is -0.259. The number of hydrogen-bond donors (Lipinski definition) is 2. The molecule has 0 saturated heterocycles. The number of hydrogen-bond acceptors (Lipinski definition) is 2. The summed E-state index contributed by atoms with van der Waals surface area (Å²) in [5, 5.41) is 3.26. The summed E-state index contributed by atoms with van der Waals surface area (Å²) in [5.74, 6) is -0.259. The van der Waals surface area contributed by atoms with E-state index >= 15 is 0 Å². The van der Waals surface area contributed by atoms with Gasteiger partial charge in [-0.1, -0.05) is 30.3 Å². The first-order valence-corrected chi connectivity index (χ1v) is 5.35. The summed E-state index contributed by atoms with van der Waals surface area (Å²) in [7, 11) is 0. The van der Waals surface area contributed by atoms with Gasteiger partial charge in [0.15, 0.2) is 0 Å². The molecule has 1 amide bonds. The Morgan fingerprint density at radius 3 is 2.60 bits per heavy atom. The maximum atomic E-state index is 11.2. The van der Waals surface area contributed by atoms with Crippen LogP contribution in [-0.4, -0.2) is 18.0 Å². The number of rotatable bonds is 5. The third-order valence-corrected chi connectivity index (χ3v) is 2.64. The molecule has 1 aliphatic rings. The van der Waals surface area contributed by atoms with Crippen molar-refractivity contribution in [3.63, 3.8) is 0 Å². The van der Waals surface area contributed by atoms with Gasteiger partial charge < -0.3 is 11.1 Å². The zero-order chi connectivity index (χ0) is 10.7. The fourth-order valence-electron chi connectivity index (χ4n) is 1.63. The molecule has 0 aromatic heterocycles. The van der Waals surface area contributed by atoms with Gasteiger partial charge in [0.2, 0.25) is 5.91 Å². The number of nitrogens with one attached hydrogen (secondary N) is 1. The predicted octanol–water partition coefficient (Wildman–Crippen LogP) is 0.835. The van der Waals surface area contributed by atoms with E-state index in [1.807, 2.05) is 30.3 Å². The molecule has 1 aliphatic carbocycles. The normalized spacial score (nSPS) is 17.3. The van der Waals surface area contributed by atoms with Crippen LogP contribution in [0.1, 0.15) is 18.4 Å². The standard InChI is InChI=1S/C12H16N2O/c13-12(15)11(14-10-6-7-10)8-9-4-2-1-3-5-9/h1-5,10-11,14H,6-8H2,(H2,13,15). The Morgan fingerprint density at radius 1 is 1.40 bits per heavy atom. The maximum Gasteiger partial charge on any atom is 0.234 e. The van der Waals surface area contributed by atoms with Crippen molar-refractivity contribution in [3.8, 4) is 0 Å². The Balaban J connectivity index is 1.96. The highest BCUT2D eigenvalue weighted by Gasteiger charge is 2.27. The summed E-state index contributed by atoms with van der Waals surface area (Å²) < 4.78 is 0. The van der Waals surface area contributed by atoms with E-state index in [4.69, 9.17) is 5.73 Å². The van der Waals surface area contributed by atoms with Crippen LogP contribution in [0.2, 0.25) is 0 Å². The molecule has 80 valence electrons. The molecule has 3 N–H and O–H groups in total. The van der Waals surface area contributed by atoms with Gasteiger partial charge in [0.1, 0.15) is 0 Å². The lowest BCUT2D eigenvalue weighted by atomic mass is 10.1. The van der Waals surface area contributed by atoms with E-state index in [-0.39, 0.29) is 11.9 Å². The molecule has 0 aliphatic heterocycles. The van der Waals surface area contributed by atoms with E-state index in [0.29, 0.717) is 12.5 Å². The van der Waals surface area contributed by atoms with E-state index in [0.717, 1.165) is 5.56 Å². The van der Waals surface area contributed by atoms with Gasteiger partial charge in [-0.25, -0.2) is 0 Å². The summed E-state index contributed by atoms with van der Waals surface area (Å²) in [5.41, 5.74) is 6.51. The van der Waals surface area contributed by atoms with Crippen molar-refractivity contribution >= 4 is 5.91 Å². The van der Waals surface area contributed by atoms with Crippen LogP contribution in [0.5, 0.6) is 0 Å². The highest BCUT2D eigenvalue weighted by atomic mass is 16.1. The molecular weight excluding hydrogens is 188 g/mol. The molecule has 0 bridgehead atoms. The van der Waals surface area contributed by atoms with Gasteiger partial charge in [0.05, 0.1) is 6.04 Å². The van der Waals surface area contributed by atoms with Crippen molar-refractivity contribution in [3.05, 3.63) is 35.9 Å². The third-order valence-electron chi connectivity index (χ3n) is 2.64. The first-order valence-electron chi connectivity index (χ1n) is 5.35. The van der Waals surface area contributed by atoms with Crippen LogP contribution in [0.25, 0.3) is 0 Å². The number of benzene rings is 1. The van der Waals surface area contributed by atoms with Crippen LogP contribution in [0.4, 0.5) is 0 Å². The fourth-order valence-corrected chi connectivity index (χ4v) is 1.63. The van der Waals surface area contributed by atoms with Gasteiger partial charge in [0.25, 0.3) is 0 Å². The van der Waals surface area contributed by atoms with Crippen LogP contribution in [0, 0.1) is 0 Å². The highest BCUT2D eigenvalue weighted by Crippen LogP contribution is 2.20. The molecule has 0 heterocycles. The lowest BCUT2D eigenvalue weighted by Gasteiger charge is -2.14. The Labute approximate surface area is 89.7 Å². The third kappa shape index (κ3) is 3.06. The SMILES string of the molecule is NC(=O)C(Cc1ccccc1)NC1CC1. The summed E-state index contributed by atoms with van der Waals surface area (Å²) in [4.78, 5) is 11.2. The van der Waals surface area contributed by atoms with Gasteiger partial charge in [-0.05, 0) is 24.8 Å². The first kappa shape index (κ1) is 10.2. The van der Waals surface area contributed by atoms with Gasteiger partial charge in [0, 0.05) is 6.04 Å². The maximum absolute atomic E-state index is 11.2. The molecule has 1 saturated carbocycles. The Bertz CT molecular complexity index is 333. The fraction of sp³-hybridized carbons (Fsp3) is 0.417. The minimum absolute atomic E-state index is 0.222. The molecule has 0 spiro atoms. The first-order chi connectivity index (χ1) is 7.25. The smallest absolute Gasteiger partial charge is 0.234 e. The number of carbonyl (C=O) groups is 1. The summed E-state index contributed by atoms with van der Waals surface area (Å²) in [6.45, 7) is 0. The van der Waals surface area contributed by atoms with E-state index in [2.05, 4.69) is 5.32 Å². The van der Waals surface area contributed by atoms with E-state index in [1.165, 1.54) is 12.8 Å². The number of primary amides is 1. The highest BCUT2D eigenvalue weighted by molar-refractivity contribution is 5.80. The zero-order valence-electron chi connectivity index (χ0n) is 8.65. The lowest BCUT2D eigenvalue weighted by molar-refractivity contribution is -0.120. The second-order valence-corrected chi connectivity index (χ2v) is 4.09. The predicted molar refractivity (Wildman–Crippen MR) is 59.3 cm³/mol. The second-order valence-electron chi connectivity index (χ2n) is 4.09. The van der Waals surface area contributed by atoms with Crippen molar-refractivity contribution in [2.75, 3.05) is 0 Å². The van der Waals surface area contributed by atoms with Crippen molar-refractivity contribution in [2.45, 2.75) is 31.3 Å². The van der Waals surface area contributed by atoms with E-state index < -0.39 is 0 Å². The number of carbonyl (C=O) groups excluding carboxylic acids is 1. The van der Waals surface area contributed by atoms with Crippen LogP contribution in [-0.2, 0) is 11.2 Å². The monoisotopic (exact) mass is 204 g/mol. The number of amides is 1. The molecule has 3 nitrogen and oxygen atoms in total. The number of nitrogens with two attached hydrogens (primary N) is 1. The topological polar surface area (TPSA) is 55.1 Å². The summed E-state index contributed by atoms with van der Waals surface area (Å²) >= 11 is 0. The van der Waals surface area contributed by atoms with Crippen molar-refractivity contribution in [1.29, 1.82) is 0 Å². The van der Waals surface area contributed by atoms with Crippen LogP contribution in [0.3, 0.4) is 0 Å². The molecule has 3 heteroatoms. The van der Waals surface area contributed by atoms with Crippen LogP contribution < -0.4 is 11.1 Å². The average Bonchev–Trinajstić information content (AvgIpc) is 3.02. The van der Waals surface area contributed by atoms with Crippen molar-refractivity contribution in [1.82, 2.24) is 5.32 Å². The van der Waals surface area contributed by atoms with Crippen LogP contribution >= 0.6 is 0 Å². The van der Waals surface area contributed by atoms with E-state index in [9.17, 15) is 4.79 Å². The molecule has 1 atom stereocenters. The Hall–Kier alpha value is -1.35. The molecule has 1 unspecified atom stereocenters. The molecular formula is C12H16N2O.